The molecular formula is C17H20N4S. The van der Waals surface area contributed by atoms with Crippen molar-refractivity contribution in [2.75, 3.05) is 0 Å². The lowest BCUT2D eigenvalue weighted by molar-refractivity contribution is 1.11. The molecule has 0 aliphatic heterocycles. The summed E-state index contributed by atoms with van der Waals surface area (Å²) in [5, 5.41) is 0. The summed E-state index contributed by atoms with van der Waals surface area (Å²) >= 11 is 1.75. The van der Waals surface area contributed by atoms with Gasteiger partial charge in [0.05, 0.1) is 11.4 Å². The van der Waals surface area contributed by atoms with Crippen LogP contribution in [-0.2, 0) is 0 Å². The number of nitrogens with zero attached hydrogens (tertiary/aromatic N) is 4. The van der Waals surface area contributed by atoms with E-state index < -0.39 is 0 Å². The van der Waals surface area contributed by atoms with Crippen LogP contribution in [0.4, 0.5) is 0 Å². The third-order valence-electron chi connectivity index (χ3n) is 3.63. The SMILES string of the molecule is Cc1ccc2nc(C)cn2c1.Cc1cn2c(C)c(C)sc2n1. The van der Waals surface area contributed by atoms with Crippen LogP contribution < -0.4 is 0 Å². The zero-order valence-corrected chi connectivity index (χ0v) is 14.4. The number of fused-ring (bicyclic) bond motifs is 2. The predicted molar refractivity (Wildman–Crippen MR) is 91.9 cm³/mol. The fourth-order valence-electron chi connectivity index (χ4n) is 2.40. The number of imidazole rings is 2. The van der Waals surface area contributed by atoms with E-state index in [0.717, 1.165) is 22.0 Å². The van der Waals surface area contributed by atoms with Gasteiger partial charge < -0.3 is 4.40 Å². The molecular weight excluding hydrogens is 292 g/mol. The van der Waals surface area contributed by atoms with Gasteiger partial charge in [-0.2, -0.15) is 0 Å². The summed E-state index contributed by atoms with van der Waals surface area (Å²) in [7, 11) is 0. The molecule has 0 spiro atoms. The number of hydrogen-bond donors (Lipinski definition) is 0. The van der Waals surface area contributed by atoms with Crippen molar-refractivity contribution in [2.24, 2.45) is 0 Å². The van der Waals surface area contributed by atoms with E-state index in [9.17, 15) is 0 Å². The highest BCUT2D eigenvalue weighted by Crippen LogP contribution is 2.21. The van der Waals surface area contributed by atoms with Gasteiger partial charge >= 0.3 is 0 Å². The summed E-state index contributed by atoms with van der Waals surface area (Å²) in [5.41, 5.74) is 5.75. The summed E-state index contributed by atoms with van der Waals surface area (Å²) in [6.45, 7) is 10.4. The highest BCUT2D eigenvalue weighted by molar-refractivity contribution is 7.17. The van der Waals surface area contributed by atoms with Gasteiger partial charge in [-0.3, -0.25) is 4.40 Å². The molecule has 0 unspecified atom stereocenters. The molecule has 0 aliphatic carbocycles. The van der Waals surface area contributed by atoms with Crippen LogP contribution in [0, 0.1) is 34.6 Å². The molecule has 0 saturated heterocycles. The van der Waals surface area contributed by atoms with Gasteiger partial charge in [0.25, 0.3) is 0 Å². The van der Waals surface area contributed by atoms with Crippen molar-refractivity contribution in [1.29, 1.82) is 0 Å². The van der Waals surface area contributed by atoms with Crippen molar-refractivity contribution >= 4 is 21.9 Å². The lowest BCUT2D eigenvalue weighted by Crippen LogP contribution is -1.82. The highest BCUT2D eigenvalue weighted by atomic mass is 32.1. The molecule has 4 heterocycles. The Morgan fingerprint density at radius 1 is 0.864 bits per heavy atom. The summed E-state index contributed by atoms with van der Waals surface area (Å²) in [6, 6.07) is 4.10. The Kier molecular flexibility index (Phi) is 3.74. The monoisotopic (exact) mass is 312 g/mol. The minimum Gasteiger partial charge on any atom is -0.307 e. The second-order valence-corrected chi connectivity index (χ2v) is 6.81. The van der Waals surface area contributed by atoms with Crippen molar-refractivity contribution in [3.63, 3.8) is 0 Å². The maximum absolute atomic E-state index is 4.38. The van der Waals surface area contributed by atoms with E-state index >= 15 is 0 Å². The number of pyridine rings is 1. The van der Waals surface area contributed by atoms with Crippen LogP contribution in [0.2, 0.25) is 0 Å². The lowest BCUT2D eigenvalue weighted by Gasteiger charge is -1.92. The van der Waals surface area contributed by atoms with Gasteiger partial charge in [0, 0.05) is 29.2 Å². The first-order valence-corrected chi connectivity index (χ1v) is 8.09. The Balaban J connectivity index is 0.000000131. The van der Waals surface area contributed by atoms with Gasteiger partial charge in [-0.25, -0.2) is 9.97 Å². The number of thiazole rings is 1. The fourth-order valence-corrected chi connectivity index (χ4v) is 3.40. The number of hydrogen-bond acceptors (Lipinski definition) is 3. The third kappa shape index (κ3) is 2.76. The normalized spacial score (nSPS) is 11.0. The zero-order valence-electron chi connectivity index (χ0n) is 13.6. The lowest BCUT2D eigenvalue weighted by atomic mass is 10.3. The fraction of sp³-hybridized carbons (Fsp3) is 0.294. The molecule has 4 aromatic rings. The molecule has 0 aromatic carbocycles. The largest absolute Gasteiger partial charge is 0.307 e. The second-order valence-electron chi connectivity index (χ2n) is 5.63. The molecule has 114 valence electrons. The first-order valence-electron chi connectivity index (χ1n) is 7.27. The molecule has 4 aromatic heterocycles. The summed E-state index contributed by atoms with van der Waals surface area (Å²) in [6.07, 6.45) is 6.19. The zero-order chi connectivity index (χ0) is 15.9. The van der Waals surface area contributed by atoms with E-state index in [4.69, 9.17) is 0 Å². The van der Waals surface area contributed by atoms with Crippen molar-refractivity contribution < 1.29 is 0 Å². The van der Waals surface area contributed by atoms with Crippen LogP contribution in [0.1, 0.15) is 27.5 Å². The van der Waals surface area contributed by atoms with Gasteiger partial charge in [0.15, 0.2) is 4.96 Å². The average Bonchev–Trinajstić information content (AvgIpc) is 3.06. The quantitative estimate of drug-likeness (QED) is 0.486. The summed E-state index contributed by atoms with van der Waals surface area (Å²) in [5.74, 6) is 0. The topological polar surface area (TPSA) is 34.6 Å². The van der Waals surface area contributed by atoms with E-state index in [-0.39, 0.29) is 0 Å². The van der Waals surface area contributed by atoms with Crippen molar-refractivity contribution in [1.82, 2.24) is 18.8 Å². The molecule has 22 heavy (non-hydrogen) atoms. The summed E-state index contributed by atoms with van der Waals surface area (Å²) in [4.78, 5) is 11.2. The molecule has 4 rings (SSSR count). The molecule has 0 bridgehead atoms. The second kappa shape index (κ2) is 5.57. The number of rotatable bonds is 0. The van der Waals surface area contributed by atoms with Crippen molar-refractivity contribution in [2.45, 2.75) is 34.6 Å². The van der Waals surface area contributed by atoms with Crippen LogP contribution in [0.15, 0.2) is 30.7 Å². The smallest absolute Gasteiger partial charge is 0.194 e. The van der Waals surface area contributed by atoms with E-state index in [0.29, 0.717) is 0 Å². The first-order chi connectivity index (χ1) is 10.4. The standard InChI is InChI=1S/C9H10N2.C8H10N2S/c1-7-3-4-9-10-8(2)6-11(9)5-7;1-5-4-10-6(2)7(3)11-8(10)9-5/h3-6H,1-2H3;4H,1-3H3. The highest BCUT2D eigenvalue weighted by Gasteiger charge is 2.05. The van der Waals surface area contributed by atoms with Gasteiger partial charge in [0.2, 0.25) is 0 Å². The molecule has 5 heteroatoms. The first kappa shape index (κ1) is 14.8. The Morgan fingerprint density at radius 2 is 1.59 bits per heavy atom. The Labute approximate surface area is 134 Å². The third-order valence-corrected chi connectivity index (χ3v) is 4.70. The minimum absolute atomic E-state index is 1.02. The Hall–Kier alpha value is -2.14. The van der Waals surface area contributed by atoms with E-state index in [1.54, 1.807) is 11.3 Å². The minimum atomic E-state index is 1.02. The van der Waals surface area contributed by atoms with E-state index in [1.165, 1.54) is 16.1 Å². The van der Waals surface area contributed by atoms with Crippen LogP contribution in [-0.4, -0.2) is 18.8 Å². The maximum atomic E-state index is 4.38. The van der Waals surface area contributed by atoms with Gasteiger partial charge in [-0.1, -0.05) is 6.07 Å². The molecule has 0 radical (unpaired) electrons. The number of aryl methyl sites for hydroxylation is 5. The van der Waals surface area contributed by atoms with Crippen molar-refractivity contribution in [3.05, 3.63) is 58.2 Å². The van der Waals surface area contributed by atoms with Crippen LogP contribution in [0.5, 0.6) is 0 Å². The predicted octanol–water partition coefficient (Wildman–Crippen LogP) is 4.27. The molecule has 0 aliphatic rings. The molecule has 0 saturated carbocycles. The van der Waals surface area contributed by atoms with Gasteiger partial charge in [-0.05, 0) is 46.2 Å². The molecule has 0 fully saturated rings. The molecule has 0 amide bonds. The molecule has 4 nitrogen and oxygen atoms in total. The number of aromatic nitrogens is 4. The average molecular weight is 312 g/mol. The summed E-state index contributed by atoms with van der Waals surface area (Å²) < 4.78 is 4.19. The van der Waals surface area contributed by atoms with Gasteiger partial charge in [0.1, 0.15) is 5.65 Å². The van der Waals surface area contributed by atoms with E-state index in [1.807, 2.05) is 30.5 Å². The van der Waals surface area contributed by atoms with Gasteiger partial charge in [-0.15, -0.1) is 11.3 Å². The van der Waals surface area contributed by atoms with Crippen molar-refractivity contribution in [3.8, 4) is 0 Å². The van der Waals surface area contributed by atoms with Crippen LogP contribution >= 0.6 is 11.3 Å². The Morgan fingerprint density at radius 3 is 2.32 bits per heavy atom. The van der Waals surface area contributed by atoms with Crippen LogP contribution in [0.25, 0.3) is 10.6 Å². The van der Waals surface area contributed by atoms with E-state index in [2.05, 4.69) is 53.6 Å². The maximum Gasteiger partial charge on any atom is 0.194 e. The van der Waals surface area contributed by atoms with Crippen LogP contribution in [0.3, 0.4) is 0 Å². The molecule has 0 atom stereocenters. The Bertz CT molecular complexity index is 942. The molecule has 0 N–H and O–H groups in total.